The predicted octanol–water partition coefficient (Wildman–Crippen LogP) is 15.7. The van der Waals surface area contributed by atoms with Gasteiger partial charge >= 0.3 is 0 Å². The molecule has 2 atom stereocenters. The Morgan fingerprint density at radius 2 is 1.48 bits per heavy atom. The van der Waals surface area contributed by atoms with Crippen LogP contribution in [0, 0.1) is 13.8 Å². The summed E-state index contributed by atoms with van der Waals surface area (Å²) in [7, 11) is 4.49. The molecule has 0 bridgehead atoms. The average Bonchev–Trinajstić information content (AvgIpc) is 3.62. The van der Waals surface area contributed by atoms with Gasteiger partial charge < -0.3 is 4.90 Å². The summed E-state index contributed by atoms with van der Waals surface area (Å²) in [6.07, 6.45) is 29.0. The van der Waals surface area contributed by atoms with Crippen LogP contribution in [0.15, 0.2) is 181 Å². The molecule has 0 radical (unpaired) electrons. The van der Waals surface area contributed by atoms with Gasteiger partial charge in [0.25, 0.3) is 0 Å². The third-order valence-electron chi connectivity index (χ3n) is 13.3. The van der Waals surface area contributed by atoms with E-state index in [2.05, 4.69) is 230 Å². The van der Waals surface area contributed by atoms with Crippen molar-refractivity contribution < 1.29 is 0 Å². The number of fused-ring (bicyclic) bond motifs is 2. The van der Waals surface area contributed by atoms with E-state index >= 15 is 0 Å². The van der Waals surface area contributed by atoms with E-state index in [-0.39, 0.29) is 12.2 Å². The van der Waals surface area contributed by atoms with E-state index in [9.17, 15) is 0 Å². The lowest BCUT2D eigenvalue weighted by Crippen LogP contribution is -2.47. The summed E-state index contributed by atoms with van der Waals surface area (Å²) in [6.45, 7) is 21.8. The fourth-order valence-corrected chi connectivity index (χ4v) is 9.89. The monoisotopic (exact) mass is 827 g/mol. The van der Waals surface area contributed by atoms with Gasteiger partial charge in [0.2, 0.25) is 0 Å². The highest BCUT2D eigenvalue weighted by atomic mass is 15.4. The normalized spacial score (nSPS) is 17.3. The lowest BCUT2D eigenvalue weighted by molar-refractivity contribution is 0.0690. The molecule has 320 valence electrons. The number of likely N-dealkylation sites (N-methyl/N-ethyl adjacent to an activating group) is 2. The van der Waals surface area contributed by atoms with Crippen LogP contribution < -0.4 is 0 Å². The fraction of sp³-hybridized carbons (Fsp3) is 0.246. The first-order chi connectivity index (χ1) is 30.6. The molecule has 0 spiro atoms. The molecular formula is C61H66N2. The highest BCUT2D eigenvalue weighted by Gasteiger charge is 2.34. The molecule has 2 heteroatoms. The molecule has 5 aromatic carbocycles. The molecule has 0 fully saturated rings. The average molecular weight is 827 g/mol. The smallest absolute Gasteiger partial charge is 0.108 e. The van der Waals surface area contributed by atoms with Gasteiger partial charge in [-0.15, -0.1) is 0 Å². The largest absolute Gasteiger partial charge is 0.355 e. The summed E-state index contributed by atoms with van der Waals surface area (Å²) < 4.78 is 0. The second kappa shape index (κ2) is 20.3. The number of hydrogen-bond donors (Lipinski definition) is 0. The van der Waals surface area contributed by atoms with Crippen LogP contribution >= 0.6 is 0 Å². The van der Waals surface area contributed by atoms with Crippen LogP contribution in [-0.4, -0.2) is 29.9 Å². The summed E-state index contributed by atoms with van der Waals surface area (Å²) >= 11 is 0. The van der Waals surface area contributed by atoms with E-state index in [1.165, 1.54) is 94.4 Å². The predicted molar refractivity (Wildman–Crippen MR) is 276 cm³/mol. The van der Waals surface area contributed by atoms with E-state index in [0.29, 0.717) is 0 Å². The zero-order valence-electron chi connectivity index (χ0n) is 39.0. The van der Waals surface area contributed by atoms with Gasteiger partial charge in [-0.2, -0.15) is 0 Å². The third-order valence-corrected chi connectivity index (χ3v) is 13.3. The second-order valence-electron chi connectivity index (χ2n) is 17.4. The minimum Gasteiger partial charge on any atom is -0.355 e. The topological polar surface area (TPSA) is 6.48 Å². The first-order valence-electron chi connectivity index (χ1n) is 22.8. The van der Waals surface area contributed by atoms with E-state index < -0.39 is 0 Å². The number of benzene rings is 5. The second-order valence-corrected chi connectivity index (χ2v) is 17.4. The molecule has 0 saturated carbocycles. The number of nitrogens with zero attached hydrogens (tertiary/aromatic N) is 2. The van der Waals surface area contributed by atoms with Gasteiger partial charge in [-0.05, 0) is 170 Å². The summed E-state index contributed by atoms with van der Waals surface area (Å²) in [5.41, 5.74) is 21.0. The van der Waals surface area contributed by atoms with Gasteiger partial charge in [-0.3, -0.25) is 4.90 Å². The summed E-state index contributed by atoms with van der Waals surface area (Å²) in [5, 5.41) is 2.62. The molecular weight excluding hydrogens is 761 g/mol. The van der Waals surface area contributed by atoms with Crippen molar-refractivity contribution in [2.45, 2.75) is 85.9 Å². The van der Waals surface area contributed by atoms with Crippen LogP contribution in [0.4, 0.5) is 0 Å². The molecule has 2 nitrogen and oxygen atoms in total. The molecule has 2 aliphatic rings. The van der Waals surface area contributed by atoms with E-state index in [1.807, 2.05) is 6.08 Å². The first-order valence-corrected chi connectivity index (χ1v) is 22.8. The number of rotatable bonds is 15. The number of hydrogen-bond acceptors (Lipinski definition) is 2. The molecule has 0 amide bonds. The Labute approximate surface area is 379 Å². The fourth-order valence-electron chi connectivity index (χ4n) is 9.89. The van der Waals surface area contributed by atoms with Crippen LogP contribution in [-0.2, 0) is 19.3 Å². The lowest BCUT2D eigenvalue weighted by atomic mass is 9.88. The Hall–Kier alpha value is -6.22. The minimum atomic E-state index is 0.0653. The molecule has 0 N–H and O–H groups in total. The van der Waals surface area contributed by atoms with Crippen molar-refractivity contribution in [1.29, 1.82) is 0 Å². The van der Waals surface area contributed by atoms with Crippen LogP contribution in [0.5, 0.6) is 0 Å². The van der Waals surface area contributed by atoms with Gasteiger partial charge in [0.15, 0.2) is 0 Å². The Morgan fingerprint density at radius 3 is 2.16 bits per heavy atom. The van der Waals surface area contributed by atoms with Crippen LogP contribution in [0.3, 0.4) is 0 Å². The maximum absolute atomic E-state index is 4.50. The Balaban J connectivity index is 1.10. The molecule has 5 aromatic rings. The Bertz CT molecular complexity index is 2710. The van der Waals surface area contributed by atoms with Gasteiger partial charge in [0.05, 0.1) is 0 Å². The molecule has 1 heterocycles. The van der Waals surface area contributed by atoms with Gasteiger partial charge in [0, 0.05) is 18.8 Å². The molecule has 0 aromatic heterocycles. The summed E-state index contributed by atoms with van der Waals surface area (Å²) in [5.74, 6) is 0. The quantitative estimate of drug-likeness (QED) is 0.0766. The van der Waals surface area contributed by atoms with Crippen molar-refractivity contribution in [3.63, 3.8) is 0 Å². The lowest BCUT2D eigenvalue weighted by Gasteiger charge is -2.46. The molecule has 63 heavy (non-hydrogen) atoms. The standard InChI is InChI=1S/C61H66N2/c1-11-15-17-27-48(14-4)59-41-53(38-46-25-18-16-19-26-46)62(9)61(63(59)10)50-34-32-49(33-35-50)56-30-21-29-52-40-51(45(8)60(52)56)28-20-24-42(5)37-47-31-36-57-54(22-12-2)43(6)44(7)55(23-13-3)58(57)39-47/h11-16,18-27,29-36,39,41,53,61H,4-5,17,28,37-38,40H2,1-3,6-10H3/b15-11-,22-12-,23-13-,24-20-,48-27+. The zero-order valence-corrected chi connectivity index (χ0v) is 39.0. The van der Waals surface area contributed by atoms with Crippen molar-refractivity contribution in [3.8, 4) is 11.1 Å². The summed E-state index contributed by atoms with van der Waals surface area (Å²) in [4.78, 5) is 4.94. The van der Waals surface area contributed by atoms with Crippen molar-refractivity contribution in [2.75, 3.05) is 14.1 Å². The van der Waals surface area contributed by atoms with Crippen molar-refractivity contribution in [2.24, 2.45) is 0 Å². The zero-order chi connectivity index (χ0) is 44.6. The minimum absolute atomic E-state index is 0.0653. The molecule has 2 unspecified atom stereocenters. The van der Waals surface area contributed by atoms with E-state index in [0.717, 1.165) is 37.7 Å². The molecule has 1 aliphatic carbocycles. The SMILES string of the molecule is C=C/C(=C\C/C=C\C)C1=CC(Cc2ccccc2)N(C)C(c2ccc(-c3cccc4c3C(C)=C(C/C=C\C(=C)Cc3ccc5c(/C=C\C)c(C)c(C)c(/C=C\C)c5c3)C4)cc2)N1C. The number of allylic oxidation sites excluding steroid dienone is 11. The van der Waals surface area contributed by atoms with Crippen LogP contribution in [0.2, 0.25) is 0 Å². The molecule has 0 saturated heterocycles. The van der Waals surface area contributed by atoms with Crippen molar-refractivity contribution in [1.82, 2.24) is 9.80 Å². The van der Waals surface area contributed by atoms with Gasteiger partial charge in [-0.25, -0.2) is 0 Å². The van der Waals surface area contributed by atoms with Crippen LogP contribution in [0.25, 0.3) is 39.6 Å². The highest BCUT2D eigenvalue weighted by molar-refractivity contribution is 5.99. The highest BCUT2D eigenvalue weighted by Crippen LogP contribution is 2.42. The third kappa shape index (κ3) is 9.58. The summed E-state index contributed by atoms with van der Waals surface area (Å²) in [6, 6.07) is 34.2. The maximum Gasteiger partial charge on any atom is 0.108 e. The first kappa shape index (κ1) is 44.8. The van der Waals surface area contributed by atoms with Crippen molar-refractivity contribution >= 4 is 28.5 Å². The van der Waals surface area contributed by atoms with E-state index in [4.69, 9.17) is 0 Å². The maximum atomic E-state index is 4.50. The Morgan fingerprint density at radius 1 is 0.762 bits per heavy atom. The van der Waals surface area contributed by atoms with Crippen molar-refractivity contribution in [3.05, 3.63) is 231 Å². The van der Waals surface area contributed by atoms with E-state index in [1.54, 1.807) is 0 Å². The molecule has 7 rings (SSSR count). The van der Waals surface area contributed by atoms with Crippen LogP contribution in [0.1, 0.15) is 96.8 Å². The Kier molecular flexibility index (Phi) is 14.5. The van der Waals surface area contributed by atoms with Gasteiger partial charge in [0.1, 0.15) is 6.17 Å². The van der Waals surface area contributed by atoms with Gasteiger partial charge in [-0.1, -0.05) is 176 Å². The molecule has 1 aliphatic heterocycles.